The fraction of sp³-hybridized carbons (Fsp3) is 0. The lowest BCUT2D eigenvalue weighted by atomic mass is 10.0. The summed E-state index contributed by atoms with van der Waals surface area (Å²) in [6, 6.07) is 14.9. The largest absolute Gasteiger partial charge is 0.353 e. The summed E-state index contributed by atoms with van der Waals surface area (Å²) in [7, 11) is 0. The predicted octanol–water partition coefficient (Wildman–Crippen LogP) is 6.70. The van der Waals surface area contributed by atoms with E-state index in [0.717, 1.165) is 28.3 Å². The maximum Gasteiger partial charge on any atom is 0.160 e. The van der Waals surface area contributed by atoms with Crippen molar-refractivity contribution in [3.8, 4) is 17.2 Å². The molecule has 0 saturated carbocycles. The number of pyridine rings is 1. The molecule has 0 aliphatic rings. The lowest BCUT2D eigenvalue weighted by Crippen LogP contribution is -1.97. The number of hydrogen-bond acceptors (Lipinski definition) is 5. The van der Waals surface area contributed by atoms with Crippen LogP contribution in [0.25, 0.3) is 22.0 Å². The van der Waals surface area contributed by atoms with Crippen molar-refractivity contribution in [1.29, 1.82) is 5.26 Å². The van der Waals surface area contributed by atoms with Gasteiger partial charge in [0.25, 0.3) is 0 Å². The topological polar surface area (TPSA) is 65.8 Å². The average molecular weight is 424 g/mol. The number of nitrogens with one attached hydrogen (secondary N) is 1. The Morgan fingerprint density at radius 3 is 2.68 bits per heavy atom. The number of nitriles is 1. The van der Waals surface area contributed by atoms with Crippen molar-refractivity contribution in [3.05, 3.63) is 74.5 Å². The standard InChI is InChI=1S/C21H11Cl2N3OS/c22-15-2-4-19(18(23)7-15)26-21-14(8-24)9-25-20-6-12(1-3-17(20)21)13-5-16(10-27)28-11-13/h1-7,9-11H,(H,25,26). The number of nitrogens with zero attached hydrogens (tertiary/aromatic N) is 2. The molecule has 1 N–H and O–H groups in total. The van der Waals surface area contributed by atoms with Crippen molar-refractivity contribution in [3.63, 3.8) is 0 Å². The minimum absolute atomic E-state index is 0.407. The number of hydrogen-bond donors (Lipinski definition) is 1. The van der Waals surface area contributed by atoms with Crippen LogP contribution in [0.4, 0.5) is 11.4 Å². The molecule has 0 bridgehead atoms. The van der Waals surface area contributed by atoms with Crippen LogP contribution >= 0.6 is 34.5 Å². The summed E-state index contributed by atoms with van der Waals surface area (Å²) in [5.41, 5.74) is 4.31. The minimum atomic E-state index is 0.407. The number of benzene rings is 2. The normalized spacial score (nSPS) is 10.6. The van der Waals surface area contributed by atoms with E-state index in [1.54, 1.807) is 18.2 Å². The molecule has 0 fully saturated rings. The number of halogens is 2. The van der Waals surface area contributed by atoms with Crippen molar-refractivity contribution in [2.24, 2.45) is 0 Å². The first-order valence-electron chi connectivity index (χ1n) is 8.18. The Morgan fingerprint density at radius 1 is 1.11 bits per heavy atom. The molecule has 0 spiro atoms. The van der Waals surface area contributed by atoms with Crippen LogP contribution in [0.3, 0.4) is 0 Å². The molecule has 28 heavy (non-hydrogen) atoms. The number of aldehydes is 1. The summed E-state index contributed by atoms with van der Waals surface area (Å²) >= 11 is 13.6. The van der Waals surface area contributed by atoms with Gasteiger partial charge in [-0.3, -0.25) is 9.78 Å². The van der Waals surface area contributed by atoms with Gasteiger partial charge < -0.3 is 5.32 Å². The quantitative estimate of drug-likeness (QED) is 0.370. The van der Waals surface area contributed by atoms with Crippen LogP contribution in [-0.2, 0) is 0 Å². The fourth-order valence-electron chi connectivity index (χ4n) is 2.88. The maximum atomic E-state index is 10.9. The lowest BCUT2D eigenvalue weighted by Gasteiger charge is -2.13. The van der Waals surface area contributed by atoms with Crippen molar-refractivity contribution < 1.29 is 4.79 Å². The number of fused-ring (bicyclic) bond motifs is 1. The van der Waals surface area contributed by atoms with Crippen LogP contribution in [0.1, 0.15) is 15.2 Å². The van der Waals surface area contributed by atoms with E-state index in [-0.39, 0.29) is 0 Å². The second-order valence-electron chi connectivity index (χ2n) is 6.00. The molecule has 4 rings (SSSR count). The van der Waals surface area contributed by atoms with E-state index in [4.69, 9.17) is 23.2 Å². The molecule has 2 aromatic heterocycles. The van der Waals surface area contributed by atoms with Gasteiger partial charge in [-0.15, -0.1) is 11.3 Å². The average Bonchev–Trinajstić information content (AvgIpc) is 3.19. The zero-order valence-electron chi connectivity index (χ0n) is 14.2. The summed E-state index contributed by atoms with van der Waals surface area (Å²) in [5.74, 6) is 0. The van der Waals surface area contributed by atoms with Crippen LogP contribution in [0.15, 0.2) is 54.0 Å². The number of carbonyl (C=O) groups is 1. The zero-order chi connectivity index (χ0) is 19.7. The number of aromatic nitrogens is 1. The summed E-state index contributed by atoms with van der Waals surface area (Å²) in [6.45, 7) is 0. The fourth-order valence-corrected chi connectivity index (χ4v) is 4.06. The smallest absolute Gasteiger partial charge is 0.160 e. The minimum Gasteiger partial charge on any atom is -0.353 e. The van der Waals surface area contributed by atoms with Crippen molar-refractivity contribution in [1.82, 2.24) is 4.98 Å². The van der Waals surface area contributed by atoms with Crippen molar-refractivity contribution in [2.45, 2.75) is 0 Å². The van der Waals surface area contributed by atoms with E-state index in [9.17, 15) is 10.1 Å². The first kappa shape index (κ1) is 18.5. The molecule has 0 radical (unpaired) electrons. The van der Waals surface area contributed by atoms with Gasteiger partial charge in [0.05, 0.1) is 32.4 Å². The molecule has 2 heterocycles. The molecule has 4 nitrogen and oxygen atoms in total. The first-order chi connectivity index (χ1) is 13.6. The molecule has 136 valence electrons. The van der Waals surface area contributed by atoms with Crippen molar-refractivity contribution in [2.75, 3.05) is 5.32 Å². The van der Waals surface area contributed by atoms with Gasteiger partial charge in [-0.2, -0.15) is 5.26 Å². The van der Waals surface area contributed by atoms with Gasteiger partial charge in [0.1, 0.15) is 6.07 Å². The van der Waals surface area contributed by atoms with E-state index in [1.165, 1.54) is 17.5 Å². The number of rotatable bonds is 4. The van der Waals surface area contributed by atoms with Gasteiger partial charge in [0.15, 0.2) is 6.29 Å². The molecule has 0 amide bonds. The summed E-state index contributed by atoms with van der Waals surface area (Å²) in [6.07, 6.45) is 2.37. The number of thiophene rings is 1. The molecule has 0 atom stereocenters. The van der Waals surface area contributed by atoms with Gasteiger partial charge in [-0.25, -0.2) is 0 Å². The SMILES string of the molecule is N#Cc1cnc2cc(-c3csc(C=O)c3)ccc2c1Nc1ccc(Cl)cc1Cl. The van der Waals surface area contributed by atoms with E-state index < -0.39 is 0 Å². The molecular weight excluding hydrogens is 413 g/mol. The monoisotopic (exact) mass is 423 g/mol. The highest BCUT2D eigenvalue weighted by molar-refractivity contribution is 7.12. The Hall–Kier alpha value is -2.91. The second kappa shape index (κ2) is 7.61. The summed E-state index contributed by atoms with van der Waals surface area (Å²) < 4.78 is 0. The molecule has 4 aromatic rings. The van der Waals surface area contributed by atoms with Gasteiger partial charge in [-0.1, -0.05) is 35.3 Å². The molecular formula is C21H11Cl2N3OS. The predicted molar refractivity (Wildman–Crippen MR) is 115 cm³/mol. The van der Waals surface area contributed by atoms with Crippen molar-refractivity contribution >= 4 is 63.1 Å². The third kappa shape index (κ3) is 3.46. The highest BCUT2D eigenvalue weighted by atomic mass is 35.5. The Morgan fingerprint density at radius 2 is 1.96 bits per heavy atom. The summed E-state index contributed by atoms with van der Waals surface area (Å²) in [4.78, 5) is 16.0. The number of carbonyl (C=O) groups excluding carboxylic acids is 1. The molecule has 7 heteroatoms. The molecule has 0 saturated heterocycles. The lowest BCUT2D eigenvalue weighted by molar-refractivity contribution is 0.112. The van der Waals surface area contributed by atoms with Crippen LogP contribution in [0.5, 0.6) is 0 Å². The van der Waals surface area contributed by atoms with Gasteiger partial charge in [-0.05, 0) is 46.8 Å². The van der Waals surface area contributed by atoms with Gasteiger partial charge in [0, 0.05) is 16.6 Å². The highest BCUT2D eigenvalue weighted by Crippen LogP contribution is 2.35. The van der Waals surface area contributed by atoms with Crippen LogP contribution in [-0.4, -0.2) is 11.3 Å². The van der Waals surface area contributed by atoms with E-state index >= 15 is 0 Å². The summed E-state index contributed by atoms with van der Waals surface area (Å²) in [5, 5.41) is 16.5. The van der Waals surface area contributed by atoms with Gasteiger partial charge in [0.2, 0.25) is 0 Å². The van der Waals surface area contributed by atoms with Gasteiger partial charge >= 0.3 is 0 Å². The van der Waals surface area contributed by atoms with Crippen LogP contribution in [0.2, 0.25) is 10.0 Å². The first-order valence-corrected chi connectivity index (χ1v) is 9.81. The van der Waals surface area contributed by atoms with Crippen LogP contribution < -0.4 is 5.32 Å². The zero-order valence-corrected chi connectivity index (χ0v) is 16.6. The second-order valence-corrected chi connectivity index (χ2v) is 7.78. The van der Waals surface area contributed by atoms with E-state index in [1.807, 2.05) is 29.6 Å². The molecule has 2 aromatic carbocycles. The molecule has 0 unspecified atom stereocenters. The number of anilines is 2. The maximum absolute atomic E-state index is 10.9. The Labute approximate surface area is 175 Å². The highest BCUT2D eigenvalue weighted by Gasteiger charge is 2.12. The van der Waals surface area contributed by atoms with E-state index in [2.05, 4.69) is 16.4 Å². The molecule has 0 aliphatic heterocycles. The third-order valence-electron chi connectivity index (χ3n) is 4.25. The van der Waals surface area contributed by atoms with Crippen LogP contribution in [0, 0.1) is 11.3 Å². The van der Waals surface area contributed by atoms with E-state index in [0.29, 0.717) is 31.9 Å². The Balaban J connectivity index is 1.82. The Bertz CT molecular complexity index is 1260. The Kier molecular flexibility index (Phi) is 5.01. The third-order valence-corrected chi connectivity index (χ3v) is 5.66. The molecule has 0 aliphatic carbocycles.